The van der Waals surface area contributed by atoms with Gasteiger partial charge in [0.1, 0.15) is 0 Å². The third-order valence-corrected chi connectivity index (χ3v) is 3.54. The number of hydrogen-bond donors (Lipinski definition) is 1. The number of carbonyl (C=O) groups is 1. The van der Waals surface area contributed by atoms with E-state index in [1.807, 2.05) is 0 Å². The number of carbonyl (C=O) groups excluding carboxylic acids is 1. The fourth-order valence-corrected chi connectivity index (χ4v) is 2.64. The number of nitrogens with one attached hydrogen (secondary N) is 1. The Morgan fingerprint density at radius 3 is 2.62 bits per heavy atom. The molecule has 0 bridgehead atoms. The molecule has 1 amide bonds. The van der Waals surface area contributed by atoms with Crippen LogP contribution in [0.3, 0.4) is 0 Å². The summed E-state index contributed by atoms with van der Waals surface area (Å²) in [5.74, 6) is -0.952. The normalized spacial score (nSPS) is 11.3. The second-order valence-electron chi connectivity index (χ2n) is 4.87. The van der Waals surface area contributed by atoms with Gasteiger partial charge in [-0.05, 0) is 24.0 Å². The Hall–Kier alpha value is -2.43. The molecule has 0 spiro atoms. The van der Waals surface area contributed by atoms with E-state index in [4.69, 9.17) is 39.5 Å². The molecule has 0 saturated heterocycles. The van der Waals surface area contributed by atoms with E-state index < -0.39 is 16.8 Å². The van der Waals surface area contributed by atoms with E-state index in [1.165, 1.54) is 23.1 Å². The summed E-state index contributed by atoms with van der Waals surface area (Å²) in [6, 6.07) is 2.86. The van der Waals surface area contributed by atoms with Crippen LogP contribution < -0.4 is 10.2 Å². The van der Waals surface area contributed by atoms with Crippen LogP contribution in [0.5, 0.6) is 5.75 Å². The molecule has 26 heavy (non-hydrogen) atoms. The molecular weight excluding hydrogens is 411 g/mol. The highest BCUT2D eigenvalue weighted by molar-refractivity contribution is 6.40. The van der Waals surface area contributed by atoms with Crippen LogP contribution in [0.15, 0.2) is 23.6 Å². The van der Waals surface area contributed by atoms with Crippen LogP contribution in [0.25, 0.3) is 0 Å². The molecule has 1 aromatic heterocycles. The van der Waals surface area contributed by atoms with E-state index >= 15 is 0 Å². The largest absolute Gasteiger partial charge is 0.490 e. The van der Waals surface area contributed by atoms with Gasteiger partial charge in [-0.1, -0.05) is 39.8 Å². The van der Waals surface area contributed by atoms with Crippen LogP contribution in [0.2, 0.25) is 15.1 Å². The van der Waals surface area contributed by atoms with E-state index in [-0.39, 0.29) is 28.9 Å². The molecule has 0 saturated carbocycles. The highest BCUT2D eigenvalue weighted by atomic mass is 35.5. The number of benzene rings is 1. The van der Waals surface area contributed by atoms with Gasteiger partial charge in [0.25, 0.3) is 5.91 Å². The lowest BCUT2D eigenvalue weighted by atomic mass is 10.3. The molecule has 2 rings (SSSR count). The summed E-state index contributed by atoms with van der Waals surface area (Å²) < 4.78 is 6.47. The van der Waals surface area contributed by atoms with Gasteiger partial charge in [0.05, 0.1) is 22.3 Å². The average molecular weight is 422 g/mol. The van der Waals surface area contributed by atoms with E-state index in [0.717, 1.165) is 0 Å². The molecule has 1 aromatic carbocycles. The van der Waals surface area contributed by atoms with Crippen LogP contribution in [-0.4, -0.2) is 37.9 Å². The van der Waals surface area contributed by atoms with Crippen LogP contribution in [0.4, 0.5) is 5.95 Å². The predicted molar refractivity (Wildman–Crippen MR) is 94.9 cm³/mol. The van der Waals surface area contributed by atoms with Gasteiger partial charge < -0.3 is 14.9 Å². The molecule has 0 aliphatic rings. The summed E-state index contributed by atoms with van der Waals surface area (Å²) in [4.78, 5) is 25.1. The fraction of sp³-hybridized carbons (Fsp3) is 0.231. The highest BCUT2D eigenvalue weighted by Crippen LogP contribution is 2.35. The summed E-state index contributed by atoms with van der Waals surface area (Å²) in [6.45, 7) is 1.32. The molecule has 1 N–H and O–H groups in total. The first-order valence-corrected chi connectivity index (χ1v) is 8.03. The van der Waals surface area contributed by atoms with Crippen molar-refractivity contribution in [3.63, 3.8) is 0 Å². The Kier molecular flexibility index (Phi) is 6.72. The van der Waals surface area contributed by atoms with Crippen LogP contribution >= 0.6 is 34.8 Å². The number of nitrogens with zero attached hydrogens (tertiary/aromatic N) is 5. The number of rotatable bonds is 7. The van der Waals surface area contributed by atoms with Gasteiger partial charge in [0, 0.05) is 10.1 Å². The molecular formula is C13H11Cl3N6O4. The lowest BCUT2D eigenvalue weighted by Gasteiger charge is -2.09. The summed E-state index contributed by atoms with van der Waals surface area (Å²) in [5.41, 5.74) is 2.70. The van der Waals surface area contributed by atoms with Crippen LogP contribution in [-0.2, 0) is 11.3 Å². The zero-order valence-electron chi connectivity index (χ0n) is 13.1. The molecule has 10 nitrogen and oxygen atoms in total. The molecule has 0 aliphatic heterocycles. The van der Waals surface area contributed by atoms with Crippen molar-refractivity contribution in [2.45, 2.75) is 13.5 Å². The number of halogens is 3. The Bertz CT molecular complexity index is 846. The molecule has 0 aliphatic carbocycles. The fourth-order valence-electron chi connectivity index (χ4n) is 1.71. The second kappa shape index (κ2) is 8.79. The van der Waals surface area contributed by atoms with E-state index in [2.05, 4.69) is 20.6 Å². The number of amides is 1. The highest BCUT2D eigenvalue weighted by Gasteiger charge is 2.14. The minimum atomic E-state index is -0.713. The first-order valence-electron chi connectivity index (χ1n) is 6.89. The molecule has 1 heterocycles. The van der Waals surface area contributed by atoms with Gasteiger partial charge in [0.15, 0.2) is 12.4 Å². The third-order valence-electron chi connectivity index (χ3n) is 2.76. The quantitative estimate of drug-likeness (QED) is 0.416. The smallest absolute Gasteiger partial charge is 0.481 e. The number of aromatic nitrogens is 3. The van der Waals surface area contributed by atoms with Gasteiger partial charge in [-0.15, -0.1) is 0 Å². The summed E-state index contributed by atoms with van der Waals surface area (Å²) in [6.07, 6.45) is 1.19. The van der Waals surface area contributed by atoms with Gasteiger partial charge >= 0.3 is 5.95 Å². The summed E-state index contributed by atoms with van der Waals surface area (Å²) >= 11 is 17.7. The average Bonchev–Trinajstić information content (AvgIpc) is 3.00. The molecule has 0 atom stereocenters. The molecule has 0 fully saturated rings. The van der Waals surface area contributed by atoms with Gasteiger partial charge in [-0.25, -0.2) is 5.43 Å². The number of ether oxygens (including phenoxy) is 1. The van der Waals surface area contributed by atoms with E-state index in [9.17, 15) is 14.9 Å². The van der Waals surface area contributed by atoms with Crippen molar-refractivity contribution in [3.8, 4) is 5.75 Å². The van der Waals surface area contributed by atoms with Crippen molar-refractivity contribution in [1.82, 2.24) is 20.2 Å². The van der Waals surface area contributed by atoms with Crippen molar-refractivity contribution in [1.29, 1.82) is 0 Å². The lowest BCUT2D eigenvalue weighted by Crippen LogP contribution is -2.26. The second-order valence-corrected chi connectivity index (χ2v) is 6.12. The molecule has 138 valence electrons. The topological polar surface area (TPSA) is 125 Å². The van der Waals surface area contributed by atoms with E-state index in [0.29, 0.717) is 10.7 Å². The Balaban J connectivity index is 1.87. The maximum absolute atomic E-state index is 11.8. The summed E-state index contributed by atoms with van der Waals surface area (Å²) in [5, 5.41) is 18.7. The Morgan fingerprint density at radius 1 is 1.38 bits per heavy atom. The molecule has 0 radical (unpaired) electrons. The van der Waals surface area contributed by atoms with E-state index in [1.54, 1.807) is 6.92 Å². The van der Waals surface area contributed by atoms with Crippen molar-refractivity contribution < 1.29 is 14.5 Å². The molecule has 0 unspecified atom stereocenters. The van der Waals surface area contributed by atoms with Crippen molar-refractivity contribution >= 4 is 52.4 Å². The third kappa shape index (κ3) is 5.55. The standard InChI is InChI=1S/C13H11Cl3N6O4/c1-7(4-21-6-17-13(20-21)22(24)25)18-19-11(23)5-26-12-9(15)2-8(14)3-10(12)16/h2-3,6H,4-5H2,1H3,(H,19,23)/b18-7+. The monoisotopic (exact) mass is 420 g/mol. The maximum atomic E-state index is 11.8. The SMILES string of the molecule is C/C(Cn1cnc([N+](=O)[O-])n1)=N\NC(=O)COc1c(Cl)cc(Cl)cc1Cl. The molecule has 13 heteroatoms. The van der Waals surface area contributed by atoms with Crippen molar-refractivity contribution in [2.24, 2.45) is 5.10 Å². The predicted octanol–water partition coefficient (Wildman–Crippen LogP) is 2.72. The van der Waals surface area contributed by atoms with Gasteiger partial charge in [-0.2, -0.15) is 9.78 Å². The maximum Gasteiger partial charge on any atom is 0.490 e. The minimum Gasteiger partial charge on any atom is -0.481 e. The summed E-state index contributed by atoms with van der Waals surface area (Å²) in [7, 11) is 0. The van der Waals surface area contributed by atoms with Crippen molar-refractivity contribution in [3.05, 3.63) is 43.6 Å². The van der Waals surface area contributed by atoms with Crippen LogP contribution in [0.1, 0.15) is 6.92 Å². The zero-order chi connectivity index (χ0) is 19.3. The number of nitro groups is 1. The Labute approximate surface area is 161 Å². The van der Waals surface area contributed by atoms with Crippen molar-refractivity contribution in [2.75, 3.05) is 6.61 Å². The first-order chi connectivity index (χ1) is 12.3. The zero-order valence-corrected chi connectivity index (χ0v) is 15.4. The first kappa shape index (κ1) is 19.9. The number of hydrazone groups is 1. The van der Waals surface area contributed by atoms with Gasteiger partial charge in [0.2, 0.25) is 6.33 Å². The molecule has 2 aromatic rings. The Morgan fingerprint density at radius 2 is 2.04 bits per heavy atom. The minimum absolute atomic E-state index is 0.108. The van der Waals surface area contributed by atoms with Gasteiger partial charge in [-0.3, -0.25) is 4.79 Å². The van der Waals surface area contributed by atoms with Crippen LogP contribution in [0, 0.1) is 10.1 Å². The lowest BCUT2D eigenvalue weighted by molar-refractivity contribution is -0.394. The number of hydrogen-bond acceptors (Lipinski definition) is 7.